The Kier molecular flexibility index (Phi) is 6.24. The number of aryl methyl sites for hydroxylation is 2. The summed E-state index contributed by atoms with van der Waals surface area (Å²) in [6.45, 7) is 13.9. The average molecular weight is 368 g/mol. The van der Waals surface area contributed by atoms with Gasteiger partial charge in [-0.3, -0.25) is 4.79 Å². The average Bonchev–Trinajstić information content (AvgIpc) is 2.64. The summed E-state index contributed by atoms with van der Waals surface area (Å²) in [4.78, 5) is 12.1. The van der Waals surface area contributed by atoms with E-state index in [2.05, 4.69) is 34.1 Å². The molecule has 1 aromatic carbocycles. The third kappa shape index (κ3) is 4.35. The molecule has 2 rings (SSSR count). The maximum absolute atomic E-state index is 12.1. The van der Waals surface area contributed by atoms with Gasteiger partial charge in [0.2, 0.25) is 0 Å². The maximum Gasteiger partial charge on any atom is 0.326 e. The second-order valence-electron chi connectivity index (χ2n) is 6.11. The summed E-state index contributed by atoms with van der Waals surface area (Å²) in [5, 5.41) is 1.16. The van der Waals surface area contributed by atoms with Crippen LogP contribution in [0.3, 0.4) is 0 Å². The van der Waals surface area contributed by atoms with E-state index in [0.717, 1.165) is 21.1 Å². The number of fused-ring (bicyclic) bond motifs is 1. The smallest absolute Gasteiger partial charge is 0.326 e. The van der Waals surface area contributed by atoms with Crippen LogP contribution in [-0.4, -0.2) is 16.1 Å². The summed E-state index contributed by atoms with van der Waals surface area (Å²) in [7, 11) is 0. The molecule has 0 atom stereocenters. The number of esters is 1. The monoisotopic (exact) mass is 367 g/mol. The second-order valence-corrected chi connectivity index (χ2v) is 6.86. The van der Waals surface area contributed by atoms with Crippen molar-refractivity contribution in [1.82, 2.24) is 4.57 Å². The maximum atomic E-state index is 12.1. The molecule has 0 aliphatic carbocycles. The van der Waals surface area contributed by atoms with Gasteiger partial charge < -0.3 is 9.30 Å². The standard InChI is InChI=1S/C16H20BrNO2.C2H6/c1-10-6-7-12-11(2)15(17)18(13(12)8-10)9-14(19)20-16(3,4)5;1-2/h6-8H,9H2,1-5H3;1-2H3. The Bertz CT molecular complexity index is 666. The topological polar surface area (TPSA) is 31.2 Å². The van der Waals surface area contributed by atoms with Crippen LogP contribution in [-0.2, 0) is 16.1 Å². The summed E-state index contributed by atoms with van der Waals surface area (Å²) in [6.07, 6.45) is 0. The lowest BCUT2D eigenvalue weighted by Gasteiger charge is -2.20. The van der Waals surface area contributed by atoms with Crippen molar-refractivity contribution >= 4 is 32.8 Å². The van der Waals surface area contributed by atoms with Crippen molar-refractivity contribution in [3.8, 4) is 0 Å². The molecule has 1 heterocycles. The molecule has 0 saturated heterocycles. The fraction of sp³-hybridized carbons (Fsp3) is 0.500. The Hall–Kier alpha value is -1.29. The van der Waals surface area contributed by atoms with Crippen LogP contribution in [0.4, 0.5) is 0 Å². The highest BCUT2D eigenvalue weighted by Gasteiger charge is 2.19. The largest absolute Gasteiger partial charge is 0.459 e. The third-order valence-electron chi connectivity index (χ3n) is 3.10. The molecule has 0 aliphatic heterocycles. The SMILES string of the molecule is CC.Cc1ccc2c(C)c(Br)n(CC(=O)OC(C)(C)C)c2c1. The quantitative estimate of drug-likeness (QED) is 0.666. The zero-order valence-corrected chi connectivity index (χ0v) is 16.2. The molecule has 0 saturated carbocycles. The van der Waals surface area contributed by atoms with E-state index in [1.807, 2.05) is 53.0 Å². The van der Waals surface area contributed by atoms with E-state index in [-0.39, 0.29) is 12.5 Å². The molecular formula is C18H26BrNO2. The number of rotatable bonds is 2. The Morgan fingerprint density at radius 3 is 2.36 bits per heavy atom. The van der Waals surface area contributed by atoms with E-state index in [1.54, 1.807) is 0 Å². The molecule has 0 bridgehead atoms. The van der Waals surface area contributed by atoms with E-state index in [0.29, 0.717) is 0 Å². The third-order valence-corrected chi connectivity index (χ3v) is 4.12. The van der Waals surface area contributed by atoms with Gasteiger partial charge in [-0.1, -0.05) is 26.0 Å². The van der Waals surface area contributed by atoms with Crippen LogP contribution in [0, 0.1) is 13.8 Å². The van der Waals surface area contributed by atoms with Gasteiger partial charge in [-0.05, 0) is 67.7 Å². The molecule has 1 aromatic heterocycles. The van der Waals surface area contributed by atoms with Gasteiger partial charge in [0.15, 0.2) is 0 Å². The molecule has 0 aliphatic rings. The number of ether oxygens (including phenoxy) is 1. The Labute approximate surface area is 141 Å². The van der Waals surface area contributed by atoms with Gasteiger partial charge in [-0.15, -0.1) is 0 Å². The van der Waals surface area contributed by atoms with Crippen molar-refractivity contribution in [3.63, 3.8) is 0 Å². The number of benzene rings is 1. The van der Waals surface area contributed by atoms with E-state index in [1.165, 1.54) is 5.56 Å². The molecule has 0 N–H and O–H groups in total. The van der Waals surface area contributed by atoms with Crippen molar-refractivity contribution < 1.29 is 9.53 Å². The highest BCUT2D eigenvalue weighted by molar-refractivity contribution is 9.10. The number of carbonyl (C=O) groups excluding carboxylic acids is 1. The molecule has 3 nitrogen and oxygen atoms in total. The number of nitrogens with zero attached hydrogens (tertiary/aromatic N) is 1. The van der Waals surface area contributed by atoms with E-state index in [4.69, 9.17) is 4.74 Å². The van der Waals surface area contributed by atoms with Crippen LogP contribution < -0.4 is 0 Å². The zero-order valence-electron chi connectivity index (χ0n) is 14.6. The molecule has 4 heteroatoms. The van der Waals surface area contributed by atoms with Crippen molar-refractivity contribution in [2.45, 2.75) is 60.6 Å². The predicted molar refractivity (Wildman–Crippen MR) is 96.3 cm³/mol. The summed E-state index contributed by atoms with van der Waals surface area (Å²) in [5.41, 5.74) is 2.91. The number of carbonyl (C=O) groups is 1. The normalized spacial score (nSPS) is 11.1. The minimum atomic E-state index is -0.461. The molecule has 122 valence electrons. The molecule has 0 unspecified atom stereocenters. The first kappa shape index (κ1) is 18.8. The second kappa shape index (κ2) is 7.32. The summed E-state index contributed by atoms with van der Waals surface area (Å²) in [5.74, 6) is -0.225. The molecule has 0 radical (unpaired) electrons. The first-order chi connectivity index (χ1) is 10.2. The molecule has 0 spiro atoms. The van der Waals surface area contributed by atoms with Gasteiger partial charge in [0.05, 0.1) is 10.1 Å². The van der Waals surface area contributed by atoms with Crippen LogP contribution >= 0.6 is 15.9 Å². The highest BCUT2D eigenvalue weighted by Crippen LogP contribution is 2.30. The predicted octanol–water partition coefficient (Wildman–Crippen LogP) is 5.39. The lowest BCUT2D eigenvalue weighted by molar-refractivity contribution is -0.155. The molecule has 0 amide bonds. The van der Waals surface area contributed by atoms with Crippen LogP contribution in [0.2, 0.25) is 0 Å². The van der Waals surface area contributed by atoms with Crippen molar-refractivity contribution in [2.24, 2.45) is 0 Å². The summed E-state index contributed by atoms with van der Waals surface area (Å²) in [6, 6.07) is 6.27. The Morgan fingerprint density at radius 1 is 1.23 bits per heavy atom. The molecule has 22 heavy (non-hydrogen) atoms. The van der Waals surface area contributed by atoms with E-state index < -0.39 is 5.60 Å². The number of hydrogen-bond donors (Lipinski definition) is 0. The van der Waals surface area contributed by atoms with Crippen LogP contribution in [0.25, 0.3) is 10.9 Å². The van der Waals surface area contributed by atoms with Gasteiger partial charge in [0, 0.05) is 5.39 Å². The van der Waals surface area contributed by atoms with Crippen LogP contribution in [0.15, 0.2) is 22.8 Å². The molecule has 0 fully saturated rings. The fourth-order valence-electron chi connectivity index (χ4n) is 2.26. The molecular weight excluding hydrogens is 342 g/mol. The van der Waals surface area contributed by atoms with Crippen LogP contribution in [0.1, 0.15) is 45.7 Å². The summed E-state index contributed by atoms with van der Waals surface area (Å²) < 4.78 is 8.30. The number of hydrogen-bond acceptors (Lipinski definition) is 2. The zero-order chi connectivity index (χ0) is 17.1. The lowest BCUT2D eigenvalue weighted by atomic mass is 10.1. The van der Waals surface area contributed by atoms with Gasteiger partial charge >= 0.3 is 5.97 Å². The van der Waals surface area contributed by atoms with Gasteiger partial charge in [-0.2, -0.15) is 0 Å². The van der Waals surface area contributed by atoms with Crippen molar-refractivity contribution in [1.29, 1.82) is 0 Å². The first-order valence-corrected chi connectivity index (χ1v) is 8.45. The number of aromatic nitrogens is 1. The van der Waals surface area contributed by atoms with Gasteiger partial charge in [-0.25, -0.2) is 0 Å². The molecule has 2 aromatic rings. The minimum absolute atomic E-state index is 0.214. The van der Waals surface area contributed by atoms with E-state index in [9.17, 15) is 4.79 Å². The first-order valence-electron chi connectivity index (χ1n) is 7.66. The minimum Gasteiger partial charge on any atom is -0.459 e. The fourth-order valence-corrected chi connectivity index (χ4v) is 2.79. The Balaban J connectivity index is 0.00000116. The van der Waals surface area contributed by atoms with Gasteiger partial charge in [0.1, 0.15) is 12.1 Å². The van der Waals surface area contributed by atoms with Gasteiger partial charge in [0.25, 0.3) is 0 Å². The number of halogens is 1. The van der Waals surface area contributed by atoms with Crippen LogP contribution in [0.5, 0.6) is 0 Å². The Morgan fingerprint density at radius 2 is 1.82 bits per heavy atom. The highest BCUT2D eigenvalue weighted by atomic mass is 79.9. The lowest BCUT2D eigenvalue weighted by Crippen LogP contribution is -2.26. The van der Waals surface area contributed by atoms with Crippen molar-refractivity contribution in [2.75, 3.05) is 0 Å². The summed E-state index contributed by atoms with van der Waals surface area (Å²) >= 11 is 3.58. The van der Waals surface area contributed by atoms with Crippen molar-refractivity contribution in [3.05, 3.63) is 33.9 Å². The van der Waals surface area contributed by atoms with E-state index >= 15 is 0 Å².